The number of aryl methyl sites for hydroxylation is 2. The normalized spacial score (nSPS) is 11.8. The first kappa shape index (κ1) is 14.9. The maximum Gasteiger partial charge on any atom is 0.267 e. The minimum absolute atomic E-state index is 0.193. The Bertz CT molecular complexity index is 717. The van der Waals surface area contributed by atoms with Gasteiger partial charge in [0, 0.05) is 17.6 Å². The Kier molecular flexibility index (Phi) is 4.11. The van der Waals surface area contributed by atoms with E-state index in [0.29, 0.717) is 29.6 Å². The van der Waals surface area contributed by atoms with Crippen LogP contribution in [0.5, 0.6) is 0 Å². The van der Waals surface area contributed by atoms with Gasteiger partial charge in [-0.1, -0.05) is 0 Å². The van der Waals surface area contributed by atoms with Crippen molar-refractivity contribution in [2.75, 3.05) is 11.3 Å². The molecule has 0 radical (unpaired) electrons. The van der Waals surface area contributed by atoms with Crippen LogP contribution in [0.3, 0.4) is 0 Å². The molecule has 0 aliphatic rings. The van der Waals surface area contributed by atoms with Crippen LogP contribution in [0.4, 0.5) is 5.13 Å². The molecule has 110 valence electrons. The second-order valence-corrected chi connectivity index (χ2v) is 7.25. The quantitative estimate of drug-likeness (QED) is 0.857. The van der Waals surface area contributed by atoms with Crippen molar-refractivity contribution in [3.8, 4) is 0 Å². The second kappa shape index (κ2) is 5.51. The Hall–Kier alpha value is -1.45. The van der Waals surface area contributed by atoms with Gasteiger partial charge in [0.2, 0.25) is 0 Å². The van der Waals surface area contributed by atoms with Gasteiger partial charge in [-0.3, -0.25) is 9.40 Å². The lowest BCUT2D eigenvalue weighted by Crippen LogP contribution is -2.16. The van der Waals surface area contributed by atoms with E-state index in [-0.39, 0.29) is 4.90 Å². The molecule has 2 heterocycles. The van der Waals surface area contributed by atoms with E-state index < -0.39 is 10.0 Å². The fourth-order valence-electron chi connectivity index (χ4n) is 1.98. The number of thiazole rings is 1. The number of nitrogens with one attached hydrogen (secondary N) is 1. The van der Waals surface area contributed by atoms with Crippen LogP contribution in [0.2, 0.25) is 0 Å². The SMILES string of the molecule is Cc1cnc(NS(=O)(=O)c2c(C)nn(CCN)c2C)s1. The number of aromatic nitrogens is 3. The van der Waals surface area contributed by atoms with E-state index in [1.807, 2.05) is 6.92 Å². The first-order chi connectivity index (χ1) is 9.35. The van der Waals surface area contributed by atoms with Crippen LogP contribution in [0, 0.1) is 20.8 Å². The molecule has 2 aromatic heterocycles. The van der Waals surface area contributed by atoms with E-state index in [1.54, 1.807) is 24.7 Å². The Morgan fingerprint density at radius 1 is 1.40 bits per heavy atom. The molecule has 0 fully saturated rings. The Labute approximate surface area is 121 Å². The molecule has 0 bridgehead atoms. The Morgan fingerprint density at radius 2 is 2.10 bits per heavy atom. The molecule has 0 saturated carbocycles. The zero-order valence-electron chi connectivity index (χ0n) is 11.5. The third-order valence-corrected chi connectivity index (χ3v) is 5.32. The molecule has 0 spiro atoms. The molecule has 0 aliphatic heterocycles. The average molecular weight is 315 g/mol. The number of hydrogen-bond acceptors (Lipinski definition) is 6. The van der Waals surface area contributed by atoms with Gasteiger partial charge in [0.1, 0.15) is 4.90 Å². The van der Waals surface area contributed by atoms with Crippen LogP contribution in [0.25, 0.3) is 0 Å². The van der Waals surface area contributed by atoms with E-state index in [0.717, 1.165) is 4.88 Å². The van der Waals surface area contributed by atoms with Crippen molar-refractivity contribution in [1.29, 1.82) is 0 Å². The van der Waals surface area contributed by atoms with Crippen LogP contribution in [0.15, 0.2) is 11.1 Å². The summed E-state index contributed by atoms with van der Waals surface area (Å²) in [5, 5.41) is 4.57. The molecule has 20 heavy (non-hydrogen) atoms. The van der Waals surface area contributed by atoms with Crippen LogP contribution >= 0.6 is 11.3 Å². The van der Waals surface area contributed by atoms with Crippen LogP contribution in [-0.2, 0) is 16.6 Å². The number of anilines is 1. The van der Waals surface area contributed by atoms with Crippen LogP contribution in [-0.4, -0.2) is 29.7 Å². The predicted molar refractivity (Wildman–Crippen MR) is 78.4 cm³/mol. The lowest BCUT2D eigenvalue weighted by Gasteiger charge is -2.06. The van der Waals surface area contributed by atoms with Crippen molar-refractivity contribution < 1.29 is 8.42 Å². The molecule has 3 N–H and O–H groups in total. The largest absolute Gasteiger partial charge is 0.329 e. The van der Waals surface area contributed by atoms with E-state index in [4.69, 9.17) is 5.73 Å². The van der Waals surface area contributed by atoms with Crippen molar-refractivity contribution >= 4 is 26.5 Å². The number of rotatable bonds is 5. The highest BCUT2D eigenvalue weighted by atomic mass is 32.2. The molecule has 0 unspecified atom stereocenters. The fraction of sp³-hybridized carbons (Fsp3) is 0.455. The maximum absolute atomic E-state index is 12.4. The van der Waals surface area contributed by atoms with Crippen molar-refractivity contribution in [2.24, 2.45) is 5.73 Å². The molecule has 0 aliphatic carbocycles. The zero-order valence-corrected chi connectivity index (χ0v) is 13.2. The van der Waals surface area contributed by atoms with E-state index in [9.17, 15) is 8.42 Å². The highest BCUT2D eigenvalue weighted by Crippen LogP contribution is 2.24. The highest BCUT2D eigenvalue weighted by molar-refractivity contribution is 7.93. The Balaban J connectivity index is 2.39. The third-order valence-electron chi connectivity index (χ3n) is 2.77. The summed E-state index contributed by atoms with van der Waals surface area (Å²) in [4.78, 5) is 5.14. The first-order valence-corrected chi connectivity index (χ1v) is 8.34. The molecule has 7 nitrogen and oxygen atoms in total. The molecule has 0 aromatic carbocycles. The lowest BCUT2D eigenvalue weighted by atomic mass is 10.4. The standard InChI is InChI=1S/C11H17N5O2S2/c1-7-6-13-11(19-7)15-20(17,18)10-8(2)14-16(5-4-12)9(10)3/h6H,4-5,12H2,1-3H3,(H,13,15). The Morgan fingerprint density at radius 3 is 2.65 bits per heavy atom. The monoisotopic (exact) mass is 315 g/mol. The number of nitrogens with zero attached hydrogens (tertiary/aromatic N) is 3. The maximum atomic E-state index is 12.4. The molecular weight excluding hydrogens is 298 g/mol. The lowest BCUT2D eigenvalue weighted by molar-refractivity contribution is 0.593. The van der Waals surface area contributed by atoms with Gasteiger partial charge in [-0.15, -0.1) is 11.3 Å². The van der Waals surface area contributed by atoms with Gasteiger partial charge in [-0.25, -0.2) is 13.4 Å². The molecule has 0 saturated heterocycles. The summed E-state index contributed by atoms with van der Waals surface area (Å²) in [7, 11) is -3.69. The minimum Gasteiger partial charge on any atom is -0.329 e. The number of hydrogen-bond donors (Lipinski definition) is 2. The van der Waals surface area contributed by atoms with E-state index in [2.05, 4.69) is 14.8 Å². The van der Waals surface area contributed by atoms with Gasteiger partial charge in [-0.2, -0.15) is 5.10 Å². The average Bonchev–Trinajstić information content (AvgIpc) is 2.84. The summed E-state index contributed by atoms with van der Waals surface area (Å²) < 4.78 is 29.0. The van der Waals surface area contributed by atoms with Gasteiger partial charge in [0.15, 0.2) is 5.13 Å². The highest BCUT2D eigenvalue weighted by Gasteiger charge is 2.25. The minimum atomic E-state index is -3.69. The summed E-state index contributed by atoms with van der Waals surface area (Å²) >= 11 is 1.29. The molecule has 0 amide bonds. The third kappa shape index (κ3) is 2.84. The smallest absolute Gasteiger partial charge is 0.267 e. The van der Waals surface area contributed by atoms with Gasteiger partial charge < -0.3 is 5.73 Å². The van der Waals surface area contributed by atoms with Crippen molar-refractivity contribution in [2.45, 2.75) is 32.2 Å². The second-order valence-electron chi connectivity index (χ2n) is 4.39. The van der Waals surface area contributed by atoms with Crippen LogP contribution in [0.1, 0.15) is 16.3 Å². The summed E-state index contributed by atoms with van der Waals surface area (Å²) in [6.45, 7) is 6.14. The van der Waals surface area contributed by atoms with Crippen molar-refractivity contribution in [3.05, 3.63) is 22.5 Å². The van der Waals surface area contributed by atoms with E-state index >= 15 is 0 Å². The number of sulfonamides is 1. The molecular formula is C11H17N5O2S2. The van der Waals surface area contributed by atoms with Crippen molar-refractivity contribution in [3.63, 3.8) is 0 Å². The van der Waals surface area contributed by atoms with Gasteiger partial charge in [0.25, 0.3) is 10.0 Å². The first-order valence-electron chi connectivity index (χ1n) is 6.04. The van der Waals surface area contributed by atoms with Gasteiger partial charge >= 0.3 is 0 Å². The summed E-state index contributed by atoms with van der Waals surface area (Å²) in [5.74, 6) is 0. The van der Waals surface area contributed by atoms with Gasteiger partial charge in [0.05, 0.1) is 17.9 Å². The van der Waals surface area contributed by atoms with Crippen LogP contribution < -0.4 is 10.5 Å². The summed E-state index contributed by atoms with van der Waals surface area (Å²) in [6.07, 6.45) is 1.63. The van der Waals surface area contributed by atoms with Gasteiger partial charge in [-0.05, 0) is 20.8 Å². The topological polar surface area (TPSA) is 103 Å². The molecule has 2 aromatic rings. The summed E-state index contributed by atoms with van der Waals surface area (Å²) in [5.41, 5.74) is 6.52. The molecule has 9 heteroatoms. The number of nitrogens with two attached hydrogens (primary N) is 1. The van der Waals surface area contributed by atoms with E-state index in [1.165, 1.54) is 11.3 Å². The fourth-order valence-corrected chi connectivity index (χ4v) is 4.30. The zero-order chi connectivity index (χ0) is 14.9. The molecule has 0 atom stereocenters. The van der Waals surface area contributed by atoms with Crippen molar-refractivity contribution in [1.82, 2.24) is 14.8 Å². The molecule has 2 rings (SSSR count). The predicted octanol–water partition coefficient (Wildman–Crippen LogP) is 1.02. The summed E-state index contributed by atoms with van der Waals surface area (Å²) in [6, 6.07) is 0.